The van der Waals surface area contributed by atoms with Gasteiger partial charge in [0.2, 0.25) is 0 Å². The molecule has 1 N–H and O–H groups in total. The number of nitrogens with zero attached hydrogens (tertiary/aromatic N) is 2. The van der Waals surface area contributed by atoms with Crippen molar-refractivity contribution in [2.75, 3.05) is 13.1 Å². The fourth-order valence-corrected chi connectivity index (χ4v) is 3.22. The fraction of sp³-hybridized carbons (Fsp3) is 0.333. The van der Waals surface area contributed by atoms with Crippen LogP contribution < -0.4 is 0 Å². The maximum atomic E-state index is 12.7. The molecule has 5 heteroatoms. The molecule has 0 spiro atoms. The Morgan fingerprint density at radius 2 is 2.22 bits per heavy atom. The van der Waals surface area contributed by atoms with Gasteiger partial charge in [-0.15, -0.1) is 0 Å². The zero-order chi connectivity index (χ0) is 16.4. The van der Waals surface area contributed by atoms with Crippen molar-refractivity contribution in [3.05, 3.63) is 58.4 Å². The number of nitrogens with one attached hydrogen (secondary N) is 1. The first-order valence-corrected chi connectivity index (χ1v) is 8.09. The van der Waals surface area contributed by atoms with Crippen molar-refractivity contribution in [2.24, 2.45) is 5.41 Å². The molecular weight excluding hydrogens is 310 g/mol. The molecule has 1 aliphatic heterocycles. The van der Waals surface area contributed by atoms with E-state index >= 15 is 0 Å². The Hall–Kier alpha value is -2.07. The minimum atomic E-state index is -0.0718. The van der Waals surface area contributed by atoms with Crippen molar-refractivity contribution in [3.8, 4) is 0 Å². The lowest BCUT2D eigenvalue weighted by atomic mass is 9.78. The van der Waals surface area contributed by atoms with Crippen LogP contribution in [0.25, 0.3) is 6.08 Å². The molecule has 0 aliphatic carbocycles. The Balaban J connectivity index is 1.78. The van der Waals surface area contributed by atoms with Gasteiger partial charge in [0, 0.05) is 35.3 Å². The molecule has 1 aliphatic rings. The molecule has 0 bridgehead atoms. The highest BCUT2D eigenvalue weighted by Crippen LogP contribution is 2.36. The van der Waals surface area contributed by atoms with Crippen molar-refractivity contribution >= 4 is 23.6 Å². The number of amides is 1. The van der Waals surface area contributed by atoms with E-state index in [2.05, 4.69) is 30.1 Å². The number of carbonyl (C=O) groups is 1. The summed E-state index contributed by atoms with van der Waals surface area (Å²) in [6.45, 7) is 5.76. The molecule has 1 saturated heterocycles. The van der Waals surface area contributed by atoms with Crippen LogP contribution in [0.4, 0.5) is 0 Å². The van der Waals surface area contributed by atoms with Crippen LogP contribution in [0.3, 0.4) is 0 Å². The number of likely N-dealkylation sites (tertiary alicyclic amines) is 1. The zero-order valence-electron chi connectivity index (χ0n) is 13.3. The van der Waals surface area contributed by atoms with E-state index in [-0.39, 0.29) is 11.3 Å². The standard InChI is InChI=1S/C18H20ClN3O/c1-18(2)12-22(17(23)13-4-3-5-15(19)10-13)9-7-14(18)11-16-6-8-20-21-16/h3-6,8,10-11H,7,9,12H2,1-2H3,(H,20,21)/b14-11+. The maximum Gasteiger partial charge on any atom is 0.253 e. The molecule has 0 unspecified atom stereocenters. The van der Waals surface area contributed by atoms with Gasteiger partial charge < -0.3 is 4.90 Å². The number of rotatable bonds is 2. The van der Waals surface area contributed by atoms with Gasteiger partial charge in [0.25, 0.3) is 5.91 Å². The van der Waals surface area contributed by atoms with Crippen LogP contribution in [-0.2, 0) is 0 Å². The summed E-state index contributed by atoms with van der Waals surface area (Å²) in [6, 6.07) is 9.09. The Bertz CT molecular complexity index is 734. The number of halogens is 1. The van der Waals surface area contributed by atoms with E-state index in [0.29, 0.717) is 17.1 Å². The molecule has 1 aromatic carbocycles. The summed E-state index contributed by atoms with van der Waals surface area (Å²) in [5.41, 5.74) is 2.91. The minimum Gasteiger partial charge on any atom is -0.337 e. The topological polar surface area (TPSA) is 49.0 Å². The summed E-state index contributed by atoms with van der Waals surface area (Å²) < 4.78 is 0. The smallest absolute Gasteiger partial charge is 0.253 e. The number of benzene rings is 1. The Kier molecular flexibility index (Phi) is 4.26. The molecule has 1 amide bonds. The zero-order valence-corrected chi connectivity index (χ0v) is 14.1. The SMILES string of the molecule is CC1(C)CN(C(=O)c2cccc(Cl)c2)CC/C1=C\c1ccn[nH]1. The fourth-order valence-electron chi connectivity index (χ4n) is 3.03. The maximum absolute atomic E-state index is 12.7. The number of H-pyrrole nitrogens is 1. The van der Waals surface area contributed by atoms with E-state index in [1.165, 1.54) is 5.57 Å². The van der Waals surface area contributed by atoms with Crippen LogP contribution >= 0.6 is 11.6 Å². The van der Waals surface area contributed by atoms with Gasteiger partial charge in [-0.1, -0.05) is 37.1 Å². The van der Waals surface area contributed by atoms with E-state index in [0.717, 1.165) is 18.7 Å². The van der Waals surface area contributed by atoms with Crippen LogP contribution in [-0.4, -0.2) is 34.1 Å². The summed E-state index contributed by atoms with van der Waals surface area (Å²) in [4.78, 5) is 14.6. The van der Waals surface area contributed by atoms with E-state index in [1.54, 1.807) is 18.3 Å². The Morgan fingerprint density at radius 3 is 2.87 bits per heavy atom. The number of piperidine rings is 1. The van der Waals surface area contributed by atoms with Gasteiger partial charge >= 0.3 is 0 Å². The summed E-state index contributed by atoms with van der Waals surface area (Å²) in [5, 5.41) is 7.54. The van der Waals surface area contributed by atoms with Crippen LogP contribution in [0, 0.1) is 5.41 Å². The number of carbonyl (C=O) groups excluding carboxylic acids is 1. The molecule has 23 heavy (non-hydrogen) atoms. The Labute approximate surface area is 141 Å². The second kappa shape index (κ2) is 6.20. The highest BCUT2D eigenvalue weighted by Gasteiger charge is 2.33. The number of hydrogen-bond acceptors (Lipinski definition) is 2. The second-order valence-electron chi connectivity index (χ2n) is 6.55. The van der Waals surface area contributed by atoms with E-state index < -0.39 is 0 Å². The van der Waals surface area contributed by atoms with Gasteiger partial charge in [0.1, 0.15) is 0 Å². The quantitative estimate of drug-likeness (QED) is 0.904. The van der Waals surface area contributed by atoms with Gasteiger partial charge in [-0.25, -0.2) is 0 Å². The van der Waals surface area contributed by atoms with Crippen LogP contribution in [0.2, 0.25) is 5.02 Å². The molecule has 1 aromatic heterocycles. The predicted molar refractivity (Wildman–Crippen MR) is 92.3 cm³/mol. The van der Waals surface area contributed by atoms with Crippen LogP contribution in [0.15, 0.2) is 42.1 Å². The van der Waals surface area contributed by atoms with Crippen molar-refractivity contribution < 1.29 is 4.79 Å². The summed E-state index contributed by atoms with van der Waals surface area (Å²) >= 11 is 6.00. The summed E-state index contributed by atoms with van der Waals surface area (Å²) in [7, 11) is 0. The molecule has 4 nitrogen and oxygen atoms in total. The molecule has 2 heterocycles. The molecule has 0 atom stereocenters. The van der Waals surface area contributed by atoms with E-state index in [1.807, 2.05) is 23.1 Å². The summed E-state index contributed by atoms with van der Waals surface area (Å²) in [5.74, 6) is 0.0427. The van der Waals surface area contributed by atoms with E-state index in [4.69, 9.17) is 11.6 Å². The number of aromatic nitrogens is 2. The molecule has 0 radical (unpaired) electrons. The van der Waals surface area contributed by atoms with Gasteiger partial charge in [-0.2, -0.15) is 5.10 Å². The lowest BCUT2D eigenvalue weighted by Gasteiger charge is -2.40. The van der Waals surface area contributed by atoms with Crippen LogP contribution in [0.1, 0.15) is 36.3 Å². The largest absolute Gasteiger partial charge is 0.337 e. The molecular formula is C18H20ClN3O. The van der Waals surface area contributed by atoms with Gasteiger partial charge in [-0.3, -0.25) is 9.89 Å². The molecule has 1 fully saturated rings. The highest BCUT2D eigenvalue weighted by molar-refractivity contribution is 6.30. The van der Waals surface area contributed by atoms with Crippen molar-refractivity contribution in [3.63, 3.8) is 0 Å². The average molecular weight is 330 g/mol. The number of aromatic amines is 1. The lowest BCUT2D eigenvalue weighted by Crippen LogP contribution is -2.44. The Morgan fingerprint density at radius 1 is 1.39 bits per heavy atom. The third kappa shape index (κ3) is 3.48. The molecule has 2 aromatic rings. The highest BCUT2D eigenvalue weighted by atomic mass is 35.5. The lowest BCUT2D eigenvalue weighted by molar-refractivity contribution is 0.0665. The normalized spacial score (nSPS) is 19.1. The molecule has 0 saturated carbocycles. The van der Waals surface area contributed by atoms with Crippen molar-refractivity contribution in [1.82, 2.24) is 15.1 Å². The number of hydrogen-bond donors (Lipinski definition) is 1. The minimum absolute atomic E-state index is 0.0427. The van der Waals surface area contributed by atoms with Crippen molar-refractivity contribution in [2.45, 2.75) is 20.3 Å². The monoisotopic (exact) mass is 329 g/mol. The summed E-state index contributed by atoms with van der Waals surface area (Å²) in [6.07, 6.45) is 4.75. The van der Waals surface area contributed by atoms with Gasteiger partial charge in [0.15, 0.2) is 0 Å². The molecule has 120 valence electrons. The predicted octanol–water partition coefficient (Wildman–Crippen LogP) is 4.02. The van der Waals surface area contributed by atoms with Crippen LogP contribution in [0.5, 0.6) is 0 Å². The van der Waals surface area contributed by atoms with E-state index in [9.17, 15) is 4.79 Å². The van der Waals surface area contributed by atoms with Crippen molar-refractivity contribution in [1.29, 1.82) is 0 Å². The first-order valence-electron chi connectivity index (χ1n) is 7.71. The first kappa shape index (κ1) is 15.8. The first-order chi connectivity index (χ1) is 11.0. The third-order valence-electron chi connectivity index (χ3n) is 4.32. The third-order valence-corrected chi connectivity index (χ3v) is 4.55. The average Bonchev–Trinajstić information content (AvgIpc) is 3.01. The second-order valence-corrected chi connectivity index (χ2v) is 6.99. The molecule has 3 rings (SSSR count). The van der Waals surface area contributed by atoms with Gasteiger partial charge in [0.05, 0.1) is 5.69 Å². The van der Waals surface area contributed by atoms with Gasteiger partial charge in [-0.05, 0) is 36.8 Å².